The first-order valence-electron chi connectivity index (χ1n) is 18.1. The summed E-state index contributed by atoms with van der Waals surface area (Å²) in [5, 5.41) is 2.14. The molecule has 52 heavy (non-hydrogen) atoms. The minimum atomic E-state index is -0.710. The molecule has 4 heteroatoms. The number of aromatic nitrogens is 3. The van der Waals surface area contributed by atoms with Crippen molar-refractivity contribution < 1.29 is 0 Å². The van der Waals surface area contributed by atoms with Gasteiger partial charge in [-0.3, -0.25) is 4.57 Å². The Labute approximate surface area is 304 Å². The summed E-state index contributed by atoms with van der Waals surface area (Å²) in [6, 6.07) is 52.0. The molecule has 0 radical (unpaired) electrons. The molecule has 0 amide bonds. The third-order valence-electron chi connectivity index (χ3n) is 11.4. The largest absolute Gasteiger partial charge is 0.318 e. The van der Waals surface area contributed by atoms with E-state index in [1.165, 1.54) is 5.56 Å². The van der Waals surface area contributed by atoms with Crippen molar-refractivity contribution in [3.8, 4) is 5.82 Å². The van der Waals surface area contributed by atoms with Crippen molar-refractivity contribution in [2.24, 2.45) is 5.92 Å². The molecule has 0 saturated carbocycles. The maximum atomic E-state index is 5.78. The lowest BCUT2D eigenvalue weighted by molar-refractivity contribution is 0.424. The highest BCUT2D eigenvalue weighted by atomic mass is 15.3. The molecule has 0 N–H and O–H groups in total. The Morgan fingerprint density at radius 1 is 0.712 bits per heavy atom. The number of fused-ring (bicyclic) bond motifs is 6. The predicted octanol–water partition coefficient (Wildman–Crippen LogP) is 10.5. The Morgan fingerprint density at radius 2 is 1.42 bits per heavy atom. The summed E-state index contributed by atoms with van der Waals surface area (Å²) < 4.78 is 2.29. The van der Waals surface area contributed by atoms with Gasteiger partial charge in [0.25, 0.3) is 0 Å². The van der Waals surface area contributed by atoms with Crippen molar-refractivity contribution in [3.05, 3.63) is 211 Å². The van der Waals surface area contributed by atoms with E-state index in [1.807, 2.05) is 6.07 Å². The van der Waals surface area contributed by atoms with Gasteiger partial charge in [-0.05, 0) is 54.3 Å². The molecule has 0 bridgehead atoms. The van der Waals surface area contributed by atoms with Crippen LogP contribution in [0.5, 0.6) is 0 Å². The highest BCUT2D eigenvalue weighted by molar-refractivity contribution is 6.08. The fourth-order valence-electron chi connectivity index (χ4n) is 9.07. The van der Waals surface area contributed by atoms with Crippen molar-refractivity contribution in [2.75, 3.05) is 4.90 Å². The third-order valence-corrected chi connectivity index (χ3v) is 11.4. The van der Waals surface area contributed by atoms with Crippen molar-refractivity contribution in [1.82, 2.24) is 14.5 Å². The van der Waals surface area contributed by atoms with Gasteiger partial charge in [0.2, 0.25) is 0 Å². The zero-order valence-corrected chi connectivity index (χ0v) is 28.9. The molecule has 3 unspecified atom stereocenters. The zero-order chi connectivity index (χ0) is 34.7. The predicted molar refractivity (Wildman–Crippen MR) is 211 cm³/mol. The number of anilines is 2. The van der Waals surface area contributed by atoms with Gasteiger partial charge in [0.05, 0.1) is 27.9 Å². The molecule has 3 heterocycles. The van der Waals surface area contributed by atoms with Gasteiger partial charge in [-0.25, -0.2) is 9.97 Å². The van der Waals surface area contributed by atoms with Gasteiger partial charge >= 0.3 is 0 Å². The molecule has 4 nitrogen and oxygen atoms in total. The molecule has 7 aromatic rings. The summed E-state index contributed by atoms with van der Waals surface area (Å²) in [5.74, 6) is 2.50. The quantitative estimate of drug-likeness (QED) is 0.177. The van der Waals surface area contributed by atoms with Crippen LogP contribution in [-0.4, -0.2) is 20.6 Å². The summed E-state index contributed by atoms with van der Waals surface area (Å²) in [4.78, 5) is 14.0. The second kappa shape index (κ2) is 11.8. The Balaban J connectivity index is 1.34. The van der Waals surface area contributed by atoms with E-state index in [0.29, 0.717) is 0 Å². The number of benzene rings is 4. The molecule has 248 valence electrons. The van der Waals surface area contributed by atoms with Crippen molar-refractivity contribution in [2.45, 2.75) is 30.2 Å². The van der Waals surface area contributed by atoms with Crippen LogP contribution in [0.1, 0.15) is 35.9 Å². The second-order valence-corrected chi connectivity index (χ2v) is 14.2. The number of allylic oxidation sites excluding steroid dienone is 6. The molecule has 2 aliphatic carbocycles. The van der Waals surface area contributed by atoms with Crippen LogP contribution in [0.15, 0.2) is 176 Å². The van der Waals surface area contributed by atoms with Crippen molar-refractivity contribution in [1.29, 1.82) is 0 Å². The van der Waals surface area contributed by atoms with Gasteiger partial charge < -0.3 is 4.90 Å². The first-order valence-corrected chi connectivity index (χ1v) is 18.1. The SMILES string of the molecule is CC12C=CC=CC1N(c1cc(-n3c4ccc#cc4c4ccccc43)nc(C(c3ccccc3)(c3ccccc3)C3C=CC=CC3)n1)c1ccccc12. The molecule has 2 aromatic heterocycles. The van der Waals surface area contributed by atoms with Crippen LogP contribution < -0.4 is 4.90 Å². The van der Waals surface area contributed by atoms with Crippen LogP contribution in [0.25, 0.3) is 27.6 Å². The van der Waals surface area contributed by atoms with Gasteiger partial charge in [0.1, 0.15) is 17.5 Å². The van der Waals surface area contributed by atoms with E-state index in [0.717, 1.165) is 62.5 Å². The van der Waals surface area contributed by atoms with E-state index in [4.69, 9.17) is 9.97 Å². The smallest absolute Gasteiger partial charge is 0.148 e. The average Bonchev–Trinajstić information content (AvgIpc) is 3.69. The van der Waals surface area contributed by atoms with E-state index in [9.17, 15) is 0 Å². The molecule has 3 aliphatic rings. The van der Waals surface area contributed by atoms with Crippen LogP contribution >= 0.6 is 0 Å². The van der Waals surface area contributed by atoms with E-state index in [-0.39, 0.29) is 17.4 Å². The Hall–Kier alpha value is -6.44. The Bertz CT molecular complexity index is 2500. The van der Waals surface area contributed by atoms with E-state index in [2.05, 4.69) is 198 Å². The van der Waals surface area contributed by atoms with Gasteiger partial charge in [0, 0.05) is 28.5 Å². The van der Waals surface area contributed by atoms with Gasteiger partial charge in [-0.2, -0.15) is 0 Å². The number of hydrogen-bond donors (Lipinski definition) is 0. The number of rotatable bonds is 6. The van der Waals surface area contributed by atoms with Crippen LogP contribution in [0.2, 0.25) is 0 Å². The van der Waals surface area contributed by atoms with Gasteiger partial charge in [-0.1, -0.05) is 158 Å². The summed E-state index contributed by atoms with van der Waals surface area (Å²) in [7, 11) is 0. The first kappa shape index (κ1) is 30.4. The summed E-state index contributed by atoms with van der Waals surface area (Å²) in [6.45, 7) is 2.34. The van der Waals surface area contributed by atoms with E-state index < -0.39 is 5.41 Å². The van der Waals surface area contributed by atoms with Crippen molar-refractivity contribution >= 4 is 33.3 Å². The summed E-state index contributed by atoms with van der Waals surface area (Å²) >= 11 is 0. The van der Waals surface area contributed by atoms with E-state index in [1.54, 1.807) is 0 Å². The molecule has 5 aromatic carbocycles. The number of hydrogen-bond acceptors (Lipinski definition) is 3. The number of nitrogens with zero attached hydrogens (tertiary/aromatic N) is 4. The molecule has 3 atom stereocenters. The zero-order valence-electron chi connectivity index (χ0n) is 28.9. The Morgan fingerprint density at radius 3 is 2.21 bits per heavy atom. The normalized spacial score (nSPS) is 20.3. The molecular weight excluding hydrogens is 633 g/mol. The fraction of sp³-hybridized carbons (Fsp3) is 0.125. The van der Waals surface area contributed by atoms with Crippen molar-refractivity contribution in [3.63, 3.8) is 0 Å². The maximum absolute atomic E-state index is 5.78. The molecule has 10 rings (SSSR count). The van der Waals surface area contributed by atoms with Gasteiger partial charge in [-0.15, -0.1) is 0 Å². The summed E-state index contributed by atoms with van der Waals surface area (Å²) in [5.41, 5.74) is 5.95. The first-order chi connectivity index (χ1) is 25.7. The topological polar surface area (TPSA) is 34.0 Å². The lowest BCUT2D eigenvalue weighted by Gasteiger charge is -2.41. The lowest BCUT2D eigenvalue weighted by Crippen LogP contribution is -2.42. The van der Waals surface area contributed by atoms with E-state index >= 15 is 0 Å². The highest BCUT2D eigenvalue weighted by Crippen LogP contribution is 2.53. The standard InChI is InChI=1S/C48H36N4/c1-47-32-18-17-31-43(47)52(42-30-16-13-27-39(42)47)45-33-44(51-40-28-14-11-25-37(40)38-26-12-15-29-41(38)51)49-46(50-45)48(34-19-5-2-6-20-34,35-21-7-3-8-22-35)36-23-9-4-10-24-36/h2-11,13-23,25,27-33,36,43H,24H2,1H3. The minimum Gasteiger partial charge on any atom is -0.318 e. The molecular formula is C48H36N4. The van der Waals surface area contributed by atoms with Crippen LogP contribution in [0, 0.1) is 18.1 Å². The number of para-hydroxylation sites is 2. The second-order valence-electron chi connectivity index (χ2n) is 14.2. The van der Waals surface area contributed by atoms with Crippen LogP contribution in [0.4, 0.5) is 11.5 Å². The summed E-state index contributed by atoms with van der Waals surface area (Å²) in [6.07, 6.45) is 18.8. The lowest BCUT2D eigenvalue weighted by atomic mass is 9.63. The highest BCUT2D eigenvalue weighted by Gasteiger charge is 2.49. The average molecular weight is 669 g/mol. The molecule has 0 saturated heterocycles. The fourth-order valence-corrected chi connectivity index (χ4v) is 9.07. The maximum Gasteiger partial charge on any atom is 0.148 e. The van der Waals surface area contributed by atoms with Crippen LogP contribution in [-0.2, 0) is 10.8 Å². The van der Waals surface area contributed by atoms with Gasteiger partial charge in [0.15, 0.2) is 0 Å². The minimum absolute atomic E-state index is 0.0342. The molecule has 0 spiro atoms. The molecule has 1 aliphatic heterocycles. The molecule has 0 fully saturated rings. The van der Waals surface area contributed by atoms with Crippen LogP contribution in [0.3, 0.4) is 0 Å². The Kier molecular flexibility index (Phi) is 6.91. The third kappa shape index (κ3) is 4.36. The monoisotopic (exact) mass is 668 g/mol.